The summed E-state index contributed by atoms with van der Waals surface area (Å²) in [5.41, 5.74) is 0. The smallest absolute Gasteiger partial charge is 0.325 e. The van der Waals surface area contributed by atoms with Crippen LogP contribution in [0.5, 0.6) is 0 Å². The maximum absolute atomic E-state index is 11.2. The van der Waals surface area contributed by atoms with E-state index in [4.69, 9.17) is 4.42 Å². The van der Waals surface area contributed by atoms with Crippen molar-refractivity contribution in [2.45, 2.75) is 13.8 Å². The van der Waals surface area contributed by atoms with E-state index in [9.17, 15) is 4.79 Å². The van der Waals surface area contributed by atoms with Crippen LogP contribution in [0.25, 0.3) is 0 Å². The van der Waals surface area contributed by atoms with Gasteiger partial charge in [-0.05, 0) is 6.92 Å². The molecule has 0 fully saturated rings. The van der Waals surface area contributed by atoms with Crippen molar-refractivity contribution in [2.75, 3.05) is 18.9 Å². The van der Waals surface area contributed by atoms with Crippen molar-refractivity contribution < 1.29 is 9.21 Å². The first-order valence-electron chi connectivity index (χ1n) is 3.95. The molecular formula is C7H12N4O2. The average Bonchev–Trinajstić information content (AvgIpc) is 2.49. The lowest BCUT2D eigenvalue weighted by molar-refractivity contribution is 0.224. The quantitative estimate of drug-likeness (QED) is 0.740. The van der Waals surface area contributed by atoms with E-state index >= 15 is 0 Å². The molecule has 0 atom stereocenters. The molecule has 0 bridgehead atoms. The number of rotatable bonds is 2. The maximum Gasteiger partial charge on any atom is 0.325 e. The van der Waals surface area contributed by atoms with Gasteiger partial charge in [-0.15, -0.1) is 5.10 Å². The van der Waals surface area contributed by atoms with Gasteiger partial charge in [-0.2, -0.15) is 0 Å². The second kappa shape index (κ2) is 3.88. The summed E-state index contributed by atoms with van der Waals surface area (Å²) in [4.78, 5) is 12.7. The van der Waals surface area contributed by atoms with Gasteiger partial charge in [-0.25, -0.2) is 4.79 Å². The number of anilines is 1. The lowest BCUT2D eigenvalue weighted by atomic mass is 10.6. The van der Waals surface area contributed by atoms with Crippen LogP contribution in [0.4, 0.5) is 10.8 Å². The van der Waals surface area contributed by atoms with Crippen LogP contribution >= 0.6 is 0 Å². The molecule has 0 saturated heterocycles. The van der Waals surface area contributed by atoms with Crippen molar-refractivity contribution in [1.29, 1.82) is 0 Å². The molecule has 0 aliphatic rings. The summed E-state index contributed by atoms with van der Waals surface area (Å²) < 4.78 is 4.97. The summed E-state index contributed by atoms with van der Waals surface area (Å²) >= 11 is 0. The van der Waals surface area contributed by atoms with Crippen LogP contribution in [0, 0.1) is 6.92 Å². The van der Waals surface area contributed by atoms with Crippen LogP contribution in [-0.4, -0.2) is 34.7 Å². The largest absolute Gasteiger partial charge is 0.408 e. The minimum atomic E-state index is -0.258. The number of nitrogens with one attached hydrogen (secondary N) is 1. The molecule has 6 nitrogen and oxygen atoms in total. The summed E-state index contributed by atoms with van der Waals surface area (Å²) in [5, 5.41) is 9.66. The van der Waals surface area contributed by atoms with Crippen LogP contribution in [0.1, 0.15) is 12.8 Å². The molecule has 0 aliphatic heterocycles. The van der Waals surface area contributed by atoms with Crippen LogP contribution in [-0.2, 0) is 0 Å². The maximum atomic E-state index is 11.2. The minimum Gasteiger partial charge on any atom is -0.408 e. The monoisotopic (exact) mass is 184 g/mol. The number of hydrogen-bond acceptors (Lipinski definition) is 4. The standard InChI is InChI=1S/C7H12N4O2/c1-4-11(3)7(12)8-6-10-9-5(2)13-6/h4H2,1-3H3,(H,8,10,12). The van der Waals surface area contributed by atoms with Gasteiger partial charge in [-0.3, -0.25) is 5.32 Å². The Labute approximate surface area is 75.9 Å². The van der Waals surface area contributed by atoms with E-state index in [-0.39, 0.29) is 12.0 Å². The number of hydrogen-bond donors (Lipinski definition) is 1. The highest BCUT2D eigenvalue weighted by Gasteiger charge is 2.09. The van der Waals surface area contributed by atoms with E-state index in [0.717, 1.165) is 0 Å². The average molecular weight is 184 g/mol. The minimum absolute atomic E-state index is 0.128. The van der Waals surface area contributed by atoms with Crippen LogP contribution in [0.2, 0.25) is 0 Å². The van der Waals surface area contributed by atoms with Crippen molar-refractivity contribution in [3.63, 3.8) is 0 Å². The van der Waals surface area contributed by atoms with Gasteiger partial charge in [-0.1, -0.05) is 5.10 Å². The van der Waals surface area contributed by atoms with E-state index in [1.54, 1.807) is 14.0 Å². The zero-order chi connectivity index (χ0) is 9.84. The number of urea groups is 1. The van der Waals surface area contributed by atoms with Crippen LogP contribution in [0.15, 0.2) is 4.42 Å². The van der Waals surface area contributed by atoms with Crippen LogP contribution < -0.4 is 5.32 Å². The van der Waals surface area contributed by atoms with Crippen LogP contribution in [0.3, 0.4) is 0 Å². The summed E-state index contributed by atoms with van der Waals surface area (Å²) in [5.74, 6) is 0.425. The molecule has 0 spiro atoms. The number of nitrogens with zero attached hydrogens (tertiary/aromatic N) is 3. The first-order chi connectivity index (χ1) is 6.13. The van der Waals surface area contributed by atoms with Crippen molar-refractivity contribution in [3.8, 4) is 0 Å². The predicted octanol–water partition coefficient (Wildman–Crippen LogP) is 0.862. The van der Waals surface area contributed by atoms with E-state index < -0.39 is 0 Å². The Bertz CT molecular complexity index is 296. The second-order valence-electron chi connectivity index (χ2n) is 2.57. The molecule has 72 valence electrons. The molecular weight excluding hydrogens is 172 g/mol. The van der Waals surface area contributed by atoms with E-state index in [0.29, 0.717) is 12.4 Å². The number of carbonyl (C=O) groups is 1. The number of carbonyl (C=O) groups excluding carboxylic acids is 1. The molecule has 0 unspecified atom stereocenters. The lowest BCUT2D eigenvalue weighted by Gasteiger charge is -2.12. The molecule has 2 amide bonds. The normalized spacial score (nSPS) is 9.77. The molecule has 0 aromatic carbocycles. The number of aryl methyl sites for hydroxylation is 1. The van der Waals surface area contributed by atoms with Gasteiger partial charge in [0.25, 0.3) is 0 Å². The fourth-order valence-corrected chi connectivity index (χ4v) is 0.678. The molecule has 1 heterocycles. The Balaban J connectivity index is 2.54. The fraction of sp³-hybridized carbons (Fsp3) is 0.571. The van der Waals surface area contributed by atoms with Gasteiger partial charge >= 0.3 is 12.0 Å². The van der Waals surface area contributed by atoms with Gasteiger partial charge in [0.15, 0.2) is 0 Å². The second-order valence-corrected chi connectivity index (χ2v) is 2.57. The Morgan fingerprint density at radius 1 is 1.62 bits per heavy atom. The molecule has 13 heavy (non-hydrogen) atoms. The molecule has 1 aromatic rings. The Morgan fingerprint density at radius 2 is 2.31 bits per heavy atom. The molecule has 6 heteroatoms. The summed E-state index contributed by atoms with van der Waals surface area (Å²) in [6.45, 7) is 4.16. The van der Waals surface area contributed by atoms with E-state index in [2.05, 4.69) is 15.5 Å². The molecule has 1 aromatic heterocycles. The van der Waals surface area contributed by atoms with E-state index in [1.807, 2.05) is 6.92 Å². The molecule has 0 saturated carbocycles. The van der Waals surface area contributed by atoms with Crippen molar-refractivity contribution in [2.24, 2.45) is 0 Å². The van der Waals surface area contributed by atoms with Gasteiger partial charge < -0.3 is 9.32 Å². The third kappa shape index (κ3) is 2.43. The number of amides is 2. The topological polar surface area (TPSA) is 71.3 Å². The van der Waals surface area contributed by atoms with Crippen molar-refractivity contribution in [3.05, 3.63) is 5.89 Å². The van der Waals surface area contributed by atoms with E-state index in [1.165, 1.54) is 4.90 Å². The SMILES string of the molecule is CCN(C)C(=O)Nc1nnc(C)o1. The number of aromatic nitrogens is 2. The highest BCUT2D eigenvalue weighted by atomic mass is 16.4. The summed E-state index contributed by atoms with van der Waals surface area (Å²) in [6, 6.07) is -0.131. The molecule has 0 radical (unpaired) electrons. The van der Waals surface area contributed by atoms with Gasteiger partial charge in [0.2, 0.25) is 5.89 Å². The lowest BCUT2D eigenvalue weighted by Crippen LogP contribution is -2.31. The van der Waals surface area contributed by atoms with Gasteiger partial charge in [0.05, 0.1) is 0 Å². The summed E-state index contributed by atoms with van der Waals surface area (Å²) in [6.07, 6.45) is 0. The molecule has 1 N–H and O–H groups in total. The Morgan fingerprint density at radius 3 is 2.77 bits per heavy atom. The zero-order valence-corrected chi connectivity index (χ0v) is 7.87. The summed E-state index contributed by atoms with van der Waals surface area (Å²) in [7, 11) is 1.68. The van der Waals surface area contributed by atoms with Crippen molar-refractivity contribution >= 4 is 12.0 Å². The first-order valence-corrected chi connectivity index (χ1v) is 3.95. The zero-order valence-electron chi connectivity index (χ0n) is 7.87. The molecule has 1 rings (SSSR count). The van der Waals surface area contributed by atoms with Crippen molar-refractivity contribution in [1.82, 2.24) is 15.1 Å². The van der Waals surface area contributed by atoms with Gasteiger partial charge in [0.1, 0.15) is 0 Å². The Hall–Kier alpha value is -1.59. The Kier molecular flexibility index (Phi) is 2.84. The first kappa shape index (κ1) is 9.50. The predicted molar refractivity (Wildman–Crippen MR) is 46.4 cm³/mol. The van der Waals surface area contributed by atoms with Gasteiger partial charge in [0, 0.05) is 20.5 Å². The third-order valence-corrected chi connectivity index (χ3v) is 1.56. The highest BCUT2D eigenvalue weighted by molar-refractivity contribution is 5.86. The third-order valence-electron chi connectivity index (χ3n) is 1.56. The fourth-order valence-electron chi connectivity index (χ4n) is 0.678. The highest BCUT2D eigenvalue weighted by Crippen LogP contribution is 2.04. The molecule has 0 aliphatic carbocycles.